The van der Waals surface area contributed by atoms with Crippen molar-refractivity contribution in [2.45, 2.75) is 19.3 Å². The lowest BCUT2D eigenvalue weighted by Crippen LogP contribution is -2.14. The van der Waals surface area contributed by atoms with E-state index in [4.69, 9.17) is 26.8 Å². The van der Waals surface area contributed by atoms with Crippen LogP contribution in [-0.4, -0.2) is 20.3 Å². The molecule has 88 valence electrons. The normalized spacial score (nSPS) is 14.2. The van der Waals surface area contributed by atoms with E-state index in [1.165, 1.54) is 5.56 Å². The van der Waals surface area contributed by atoms with Crippen molar-refractivity contribution >= 4 is 11.6 Å². The van der Waals surface area contributed by atoms with Crippen molar-refractivity contribution in [2.24, 2.45) is 5.73 Å². The van der Waals surface area contributed by atoms with Crippen LogP contribution >= 0.6 is 11.6 Å². The second-order valence-electron chi connectivity index (χ2n) is 3.84. The Labute approximate surface area is 100 Å². The molecule has 3 nitrogen and oxygen atoms in total. The zero-order valence-corrected chi connectivity index (χ0v) is 10.1. The Kier molecular flexibility index (Phi) is 3.56. The van der Waals surface area contributed by atoms with Gasteiger partial charge in [-0.15, -0.1) is 0 Å². The number of rotatable bonds is 3. The molecule has 0 saturated heterocycles. The van der Waals surface area contributed by atoms with Gasteiger partial charge in [0.25, 0.3) is 0 Å². The number of fused-ring (bicyclic) bond motifs is 1. The summed E-state index contributed by atoms with van der Waals surface area (Å²) in [7, 11) is 1.63. The van der Waals surface area contributed by atoms with Crippen LogP contribution in [0.5, 0.6) is 11.5 Å². The van der Waals surface area contributed by atoms with Gasteiger partial charge < -0.3 is 15.2 Å². The van der Waals surface area contributed by atoms with E-state index in [9.17, 15) is 0 Å². The van der Waals surface area contributed by atoms with Gasteiger partial charge >= 0.3 is 0 Å². The highest BCUT2D eigenvalue weighted by Gasteiger charge is 2.21. The molecule has 2 N–H and O–H groups in total. The first-order valence-electron chi connectivity index (χ1n) is 5.49. The molecule has 0 bridgehead atoms. The summed E-state index contributed by atoms with van der Waals surface area (Å²) in [4.78, 5) is 0. The summed E-state index contributed by atoms with van der Waals surface area (Å²) in [6.45, 7) is 1.34. The number of benzene rings is 1. The van der Waals surface area contributed by atoms with Crippen LogP contribution < -0.4 is 15.2 Å². The van der Waals surface area contributed by atoms with E-state index >= 15 is 0 Å². The predicted octanol–water partition coefficient (Wildman–Crippen LogP) is 2.17. The third kappa shape index (κ3) is 1.97. The van der Waals surface area contributed by atoms with Gasteiger partial charge in [0.15, 0.2) is 11.5 Å². The topological polar surface area (TPSA) is 44.5 Å². The molecule has 0 radical (unpaired) electrons. The summed E-state index contributed by atoms with van der Waals surface area (Å²) >= 11 is 6.23. The number of halogens is 1. The van der Waals surface area contributed by atoms with Crippen molar-refractivity contribution < 1.29 is 9.47 Å². The van der Waals surface area contributed by atoms with E-state index in [0.717, 1.165) is 48.0 Å². The summed E-state index contributed by atoms with van der Waals surface area (Å²) in [5.74, 6) is 1.57. The quantitative estimate of drug-likeness (QED) is 0.882. The van der Waals surface area contributed by atoms with E-state index in [1.807, 2.05) is 6.07 Å². The first-order chi connectivity index (χ1) is 7.77. The third-order valence-corrected chi connectivity index (χ3v) is 3.18. The monoisotopic (exact) mass is 241 g/mol. The van der Waals surface area contributed by atoms with Crippen molar-refractivity contribution in [1.82, 2.24) is 0 Å². The number of hydrogen-bond donors (Lipinski definition) is 1. The van der Waals surface area contributed by atoms with Crippen molar-refractivity contribution in [3.8, 4) is 11.5 Å². The van der Waals surface area contributed by atoms with Crippen molar-refractivity contribution in [1.29, 1.82) is 0 Å². The van der Waals surface area contributed by atoms with Crippen LogP contribution in [0.3, 0.4) is 0 Å². The van der Waals surface area contributed by atoms with Crippen LogP contribution in [0, 0.1) is 0 Å². The average Bonchev–Trinajstić information content (AvgIpc) is 2.32. The SMILES string of the molecule is COc1cc(Cl)c(CCN)c2c1OCCC2. The van der Waals surface area contributed by atoms with Crippen molar-refractivity contribution in [3.05, 3.63) is 22.2 Å². The average molecular weight is 242 g/mol. The third-order valence-electron chi connectivity index (χ3n) is 2.84. The molecule has 1 aliphatic heterocycles. The Morgan fingerprint density at radius 3 is 3.06 bits per heavy atom. The Morgan fingerprint density at radius 1 is 1.56 bits per heavy atom. The highest BCUT2D eigenvalue weighted by atomic mass is 35.5. The molecule has 1 heterocycles. The fourth-order valence-electron chi connectivity index (χ4n) is 2.11. The molecule has 16 heavy (non-hydrogen) atoms. The lowest BCUT2D eigenvalue weighted by atomic mass is 9.97. The molecule has 4 heteroatoms. The molecule has 1 aliphatic rings. The second kappa shape index (κ2) is 4.93. The van der Waals surface area contributed by atoms with Crippen LogP contribution in [0.1, 0.15) is 17.5 Å². The Bertz CT molecular complexity index is 393. The number of nitrogens with two attached hydrogens (primary N) is 1. The van der Waals surface area contributed by atoms with E-state index < -0.39 is 0 Å². The first-order valence-corrected chi connectivity index (χ1v) is 5.86. The largest absolute Gasteiger partial charge is 0.493 e. The molecule has 0 atom stereocenters. The van der Waals surface area contributed by atoms with Gasteiger partial charge in [-0.25, -0.2) is 0 Å². The lowest BCUT2D eigenvalue weighted by molar-refractivity contribution is 0.268. The van der Waals surface area contributed by atoms with Gasteiger partial charge in [-0.2, -0.15) is 0 Å². The minimum atomic E-state index is 0.596. The van der Waals surface area contributed by atoms with Crippen LogP contribution in [0.4, 0.5) is 0 Å². The van der Waals surface area contributed by atoms with Gasteiger partial charge in [-0.3, -0.25) is 0 Å². The fraction of sp³-hybridized carbons (Fsp3) is 0.500. The van der Waals surface area contributed by atoms with Gasteiger partial charge in [0.2, 0.25) is 0 Å². The highest BCUT2D eigenvalue weighted by Crippen LogP contribution is 2.41. The Hall–Kier alpha value is -0.930. The molecule has 0 aromatic heterocycles. The summed E-state index contributed by atoms with van der Waals surface area (Å²) in [6.07, 6.45) is 2.80. The Balaban J connectivity index is 2.53. The molecule has 0 spiro atoms. The number of methoxy groups -OCH3 is 1. The molecule has 0 unspecified atom stereocenters. The fourth-order valence-corrected chi connectivity index (χ4v) is 2.42. The van der Waals surface area contributed by atoms with Crippen LogP contribution in [0.15, 0.2) is 6.07 Å². The van der Waals surface area contributed by atoms with Gasteiger partial charge in [0, 0.05) is 16.7 Å². The van der Waals surface area contributed by atoms with Gasteiger partial charge in [-0.05, 0) is 31.4 Å². The van der Waals surface area contributed by atoms with Crippen molar-refractivity contribution in [3.63, 3.8) is 0 Å². The van der Waals surface area contributed by atoms with E-state index in [2.05, 4.69) is 0 Å². The maximum absolute atomic E-state index is 6.23. The van der Waals surface area contributed by atoms with Crippen LogP contribution in [0.25, 0.3) is 0 Å². The minimum Gasteiger partial charge on any atom is -0.493 e. The molecule has 0 amide bonds. The summed E-state index contributed by atoms with van der Waals surface area (Å²) < 4.78 is 10.9. The zero-order valence-electron chi connectivity index (χ0n) is 9.38. The lowest BCUT2D eigenvalue weighted by Gasteiger charge is -2.23. The molecule has 1 aromatic carbocycles. The molecule has 0 fully saturated rings. The van der Waals surface area contributed by atoms with E-state index in [-0.39, 0.29) is 0 Å². The van der Waals surface area contributed by atoms with Crippen molar-refractivity contribution in [2.75, 3.05) is 20.3 Å². The number of ether oxygens (including phenoxy) is 2. The summed E-state index contributed by atoms with van der Waals surface area (Å²) in [5, 5.41) is 0.728. The smallest absolute Gasteiger partial charge is 0.164 e. The first kappa shape index (κ1) is 11.6. The maximum Gasteiger partial charge on any atom is 0.164 e. The zero-order chi connectivity index (χ0) is 11.5. The maximum atomic E-state index is 6.23. The standard InChI is InChI=1S/C12H16ClNO2/c1-15-11-7-10(13)8(4-5-14)9-3-2-6-16-12(9)11/h7H,2-6,14H2,1H3. The summed E-state index contributed by atoms with van der Waals surface area (Å²) in [5.41, 5.74) is 7.88. The van der Waals surface area contributed by atoms with Crippen LogP contribution in [-0.2, 0) is 12.8 Å². The molecule has 0 aliphatic carbocycles. The molecular formula is C12H16ClNO2. The minimum absolute atomic E-state index is 0.596. The highest BCUT2D eigenvalue weighted by molar-refractivity contribution is 6.31. The molecular weight excluding hydrogens is 226 g/mol. The molecule has 2 rings (SSSR count). The van der Waals surface area contributed by atoms with E-state index in [1.54, 1.807) is 7.11 Å². The van der Waals surface area contributed by atoms with Gasteiger partial charge in [0.1, 0.15) is 0 Å². The summed E-state index contributed by atoms with van der Waals surface area (Å²) in [6, 6.07) is 1.82. The number of hydrogen-bond acceptors (Lipinski definition) is 3. The van der Waals surface area contributed by atoms with Gasteiger partial charge in [-0.1, -0.05) is 11.6 Å². The van der Waals surface area contributed by atoms with Crippen LogP contribution in [0.2, 0.25) is 5.02 Å². The Morgan fingerprint density at radius 2 is 2.38 bits per heavy atom. The second-order valence-corrected chi connectivity index (χ2v) is 4.24. The van der Waals surface area contributed by atoms with E-state index in [0.29, 0.717) is 6.54 Å². The molecule has 0 saturated carbocycles. The predicted molar refractivity (Wildman–Crippen MR) is 64.6 cm³/mol. The van der Waals surface area contributed by atoms with Gasteiger partial charge in [0.05, 0.1) is 13.7 Å². The molecule has 1 aromatic rings.